The Morgan fingerprint density at radius 1 is 0.553 bits per heavy atom. The Labute approximate surface area is 238 Å². The number of hydrogen-bond donors (Lipinski definition) is 0. The molecule has 0 aliphatic carbocycles. The largest absolute Gasteiger partial charge is 0.378 e. The van der Waals surface area contributed by atoms with Crippen LogP contribution in [0.4, 0.5) is 0 Å². The average molecular weight is 539 g/mol. The van der Waals surface area contributed by atoms with Gasteiger partial charge in [0.1, 0.15) is 11.2 Å². The Balaban J connectivity index is 6.02. The third-order valence-corrected chi connectivity index (χ3v) is 7.84. The predicted molar refractivity (Wildman–Crippen MR) is 164 cm³/mol. The van der Waals surface area contributed by atoms with Crippen LogP contribution in [0, 0.1) is 23.7 Å². The Hall–Kier alpha value is -0.600. The van der Waals surface area contributed by atoms with E-state index in [1.165, 1.54) is 0 Å². The molecular formula is C34H66O4. The van der Waals surface area contributed by atoms with E-state index >= 15 is 0 Å². The zero-order valence-electron chi connectivity index (χ0n) is 28.0. The first-order valence-corrected chi connectivity index (χ1v) is 15.7. The summed E-state index contributed by atoms with van der Waals surface area (Å²) in [7, 11) is 0. The molecule has 4 heteroatoms. The van der Waals surface area contributed by atoms with Gasteiger partial charge in [0.15, 0.2) is 0 Å². The maximum absolute atomic E-state index is 6.93. The van der Waals surface area contributed by atoms with E-state index in [4.69, 9.17) is 18.9 Å². The van der Waals surface area contributed by atoms with Gasteiger partial charge < -0.3 is 18.9 Å². The molecule has 0 amide bonds. The minimum Gasteiger partial charge on any atom is -0.378 e. The van der Waals surface area contributed by atoms with Gasteiger partial charge in [0.2, 0.25) is 0 Å². The van der Waals surface area contributed by atoms with Gasteiger partial charge in [-0.1, -0.05) is 67.2 Å². The maximum atomic E-state index is 6.93. The zero-order valence-corrected chi connectivity index (χ0v) is 28.0. The van der Waals surface area contributed by atoms with Crippen molar-refractivity contribution in [1.82, 2.24) is 0 Å². The second-order valence-electron chi connectivity index (χ2n) is 13.4. The quantitative estimate of drug-likeness (QED) is 0.145. The summed E-state index contributed by atoms with van der Waals surface area (Å²) in [6.45, 7) is 32.1. The molecule has 0 rings (SSSR count). The molecule has 0 heterocycles. The van der Waals surface area contributed by atoms with Gasteiger partial charge in [0.25, 0.3) is 0 Å². The molecule has 0 saturated heterocycles. The van der Waals surface area contributed by atoms with Crippen molar-refractivity contribution in [2.75, 3.05) is 13.2 Å². The van der Waals surface area contributed by atoms with Gasteiger partial charge in [0.05, 0.1) is 23.4 Å². The molecule has 0 aromatic rings. The standard InChI is InChI=1S/C34H66O4/c1-15-29(9)35-23-21-31(11,17-3)37-33(13,25-27(5)6)19-20-34(14,26-28(7)8)38-32(12,18-4)22-24-36-30(10)16-2/h27-30H,15-18,21-26H2,1-14H3. The first-order valence-electron chi connectivity index (χ1n) is 15.7. The topological polar surface area (TPSA) is 36.9 Å². The molecule has 0 aliphatic heterocycles. The third-order valence-electron chi connectivity index (χ3n) is 7.84. The van der Waals surface area contributed by atoms with Gasteiger partial charge in [0, 0.05) is 13.2 Å². The van der Waals surface area contributed by atoms with Crippen molar-refractivity contribution in [3.05, 3.63) is 0 Å². The monoisotopic (exact) mass is 538 g/mol. The van der Waals surface area contributed by atoms with Crippen molar-refractivity contribution < 1.29 is 18.9 Å². The molecule has 0 radical (unpaired) electrons. The van der Waals surface area contributed by atoms with Gasteiger partial charge in [-0.15, -0.1) is 0 Å². The molecule has 0 aliphatic rings. The lowest BCUT2D eigenvalue weighted by atomic mass is 9.88. The predicted octanol–water partition coefficient (Wildman–Crippen LogP) is 9.38. The summed E-state index contributed by atoms with van der Waals surface area (Å²) in [5.41, 5.74) is -1.74. The molecule has 6 atom stereocenters. The highest BCUT2D eigenvalue weighted by molar-refractivity contribution is 5.22. The molecule has 0 bridgehead atoms. The summed E-state index contributed by atoms with van der Waals surface area (Å²) in [6.07, 6.45) is 7.86. The molecule has 0 fully saturated rings. The summed E-state index contributed by atoms with van der Waals surface area (Å²) in [6, 6.07) is 0. The molecule has 0 spiro atoms. The zero-order chi connectivity index (χ0) is 29.6. The van der Waals surface area contributed by atoms with E-state index in [1.807, 2.05) is 0 Å². The Kier molecular flexibility index (Phi) is 17.0. The van der Waals surface area contributed by atoms with Gasteiger partial charge >= 0.3 is 0 Å². The van der Waals surface area contributed by atoms with Crippen LogP contribution >= 0.6 is 0 Å². The normalized spacial score (nSPS) is 20.1. The van der Waals surface area contributed by atoms with Crippen LogP contribution in [-0.4, -0.2) is 47.8 Å². The first-order chi connectivity index (χ1) is 17.5. The number of hydrogen-bond acceptors (Lipinski definition) is 4. The fraction of sp³-hybridized carbons (Fsp3) is 0.941. The van der Waals surface area contributed by atoms with E-state index in [-0.39, 0.29) is 23.4 Å². The molecule has 0 aromatic carbocycles. The Bertz CT molecular complexity index is 638. The number of ether oxygens (including phenoxy) is 4. The van der Waals surface area contributed by atoms with Crippen molar-refractivity contribution in [1.29, 1.82) is 0 Å². The van der Waals surface area contributed by atoms with Gasteiger partial charge in [-0.3, -0.25) is 0 Å². The molecule has 0 N–H and O–H groups in total. The molecule has 4 nitrogen and oxygen atoms in total. The SMILES string of the molecule is CCC(C)OCCC(C)(CC)OC(C)(C#CC(C)(CC(C)C)OC(C)(CC)CCOC(C)CC)CC(C)C. The average Bonchev–Trinajstić information content (AvgIpc) is 2.81. The molecular weight excluding hydrogens is 472 g/mol. The van der Waals surface area contributed by atoms with Crippen molar-refractivity contribution in [3.8, 4) is 11.8 Å². The van der Waals surface area contributed by atoms with Crippen LogP contribution in [0.3, 0.4) is 0 Å². The lowest BCUT2D eigenvalue weighted by Gasteiger charge is -2.40. The maximum Gasteiger partial charge on any atom is 0.126 e. The van der Waals surface area contributed by atoms with Crippen LogP contribution in [0.15, 0.2) is 0 Å². The van der Waals surface area contributed by atoms with Crippen LogP contribution in [0.2, 0.25) is 0 Å². The van der Waals surface area contributed by atoms with Crippen LogP contribution in [-0.2, 0) is 18.9 Å². The van der Waals surface area contributed by atoms with E-state index < -0.39 is 11.2 Å². The second kappa shape index (κ2) is 17.3. The highest BCUT2D eigenvalue weighted by atomic mass is 16.5. The minimum absolute atomic E-state index is 0.273. The highest BCUT2D eigenvalue weighted by Crippen LogP contribution is 2.34. The van der Waals surface area contributed by atoms with Crippen molar-refractivity contribution >= 4 is 0 Å². The summed E-state index contributed by atoms with van der Waals surface area (Å²) < 4.78 is 25.9. The van der Waals surface area contributed by atoms with Gasteiger partial charge in [-0.2, -0.15) is 0 Å². The molecule has 38 heavy (non-hydrogen) atoms. The Morgan fingerprint density at radius 3 is 1.11 bits per heavy atom. The molecule has 6 unspecified atom stereocenters. The summed E-state index contributed by atoms with van der Waals surface area (Å²) >= 11 is 0. The summed E-state index contributed by atoms with van der Waals surface area (Å²) in [5.74, 6) is 8.19. The van der Waals surface area contributed by atoms with Crippen LogP contribution in [0.25, 0.3) is 0 Å². The van der Waals surface area contributed by atoms with E-state index in [0.29, 0.717) is 25.0 Å². The summed E-state index contributed by atoms with van der Waals surface area (Å²) in [4.78, 5) is 0. The number of rotatable bonds is 20. The minimum atomic E-state index is -0.570. The molecule has 0 aromatic heterocycles. The van der Waals surface area contributed by atoms with Crippen LogP contribution in [0.1, 0.15) is 148 Å². The second-order valence-corrected chi connectivity index (χ2v) is 13.4. The van der Waals surface area contributed by atoms with E-state index in [2.05, 4.69) is 109 Å². The van der Waals surface area contributed by atoms with Crippen molar-refractivity contribution in [2.24, 2.45) is 11.8 Å². The van der Waals surface area contributed by atoms with Crippen LogP contribution in [0.5, 0.6) is 0 Å². The molecule has 226 valence electrons. The van der Waals surface area contributed by atoms with Crippen molar-refractivity contribution in [3.63, 3.8) is 0 Å². The Morgan fingerprint density at radius 2 is 0.868 bits per heavy atom. The third kappa shape index (κ3) is 15.3. The highest BCUT2D eigenvalue weighted by Gasteiger charge is 2.37. The fourth-order valence-electron chi connectivity index (χ4n) is 4.93. The van der Waals surface area contributed by atoms with Gasteiger partial charge in [-0.05, 0) is 105 Å². The van der Waals surface area contributed by atoms with Crippen LogP contribution < -0.4 is 0 Å². The van der Waals surface area contributed by atoms with E-state index in [9.17, 15) is 0 Å². The van der Waals surface area contributed by atoms with E-state index in [1.54, 1.807) is 0 Å². The smallest absolute Gasteiger partial charge is 0.126 e. The summed E-state index contributed by atoms with van der Waals surface area (Å²) in [5, 5.41) is 0. The lowest BCUT2D eigenvalue weighted by molar-refractivity contribution is -0.139. The molecule has 0 saturated carbocycles. The lowest BCUT2D eigenvalue weighted by Crippen LogP contribution is -2.44. The van der Waals surface area contributed by atoms with Crippen molar-refractivity contribution in [2.45, 2.75) is 183 Å². The van der Waals surface area contributed by atoms with E-state index in [0.717, 1.165) is 51.4 Å². The first kappa shape index (κ1) is 37.4. The van der Waals surface area contributed by atoms with Gasteiger partial charge in [-0.25, -0.2) is 0 Å². The fourth-order valence-corrected chi connectivity index (χ4v) is 4.93.